The van der Waals surface area contributed by atoms with Crippen LogP contribution < -0.4 is 0 Å². The highest BCUT2D eigenvalue weighted by molar-refractivity contribution is 6.31. The Morgan fingerprint density at radius 1 is 1.25 bits per heavy atom. The number of piperidine rings is 1. The predicted octanol–water partition coefficient (Wildman–Crippen LogP) is 3.21. The topological polar surface area (TPSA) is 51.0 Å². The molecule has 24 heavy (non-hydrogen) atoms. The Morgan fingerprint density at radius 2 is 2.12 bits per heavy atom. The third-order valence-corrected chi connectivity index (χ3v) is 5.62. The zero-order valence-electron chi connectivity index (χ0n) is 13.8. The van der Waals surface area contributed by atoms with Crippen LogP contribution in [0.4, 0.5) is 0 Å². The molecule has 1 saturated heterocycles. The number of hydrogen-bond donors (Lipinski definition) is 0. The molecule has 0 N–H and O–H groups in total. The van der Waals surface area contributed by atoms with Gasteiger partial charge in [-0.1, -0.05) is 17.7 Å². The lowest BCUT2D eigenvalue weighted by Gasteiger charge is -2.32. The zero-order chi connectivity index (χ0) is 16.7. The summed E-state index contributed by atoms with van der Waals surface area (Å²) >= 11 is 6.18. The Kier molecular flexibility index (Phi) is 4.04. The predicted molar refractivity (Wildman–Crippen MR) is 92.4 cm³/mol. The SMILES string of the molecule is Cc1c(Cl)cccc1C(=O)N1CCC[C@H](c2nnc3n2CCC3)C1. The fourth-order valence-electron chi connectivity index (χ4n) is 3.86. The molecule has 1 aromatic heterocycles. The summed E-state index contributed by atoms with van der Waals surface area (Å²) in [4.78, 5) is 14.9. The number of carbonyl (C=O) groups is 1. The van der Waals surface area contributed by atoms with Crippen molar-refractivity contribution in [1.82, 2.24) is 19.7 Å². The molecule has 0 saturated carbocycles. The van der Waals surface area contributed by atoms with Crippen LogP contribution in [-0.4, -0.2) is 38.7 Å². The minimum Gasteiger partial charge on any atom is -0.338 e. The first-order valence-electron chi connectivity index (χ1n) is 8.61. The molecular weight excluding hydrogens is 324 g/mol. The molecule has 2 aliphatic heterocycles. The van der Waals surface area contributed by atoms with E-state index in [1.807, 2.05) is 30.0 Å². The summed E-state index contributed by atoms with van der Waals surface area (Å²) < 4.78 is 2.25. The Bertz CT molecular complexity index is 785. The molecule has 1 amide bonds. The minimum absolute atomic E-state index is 0.0702. The van der Waals surface area contributed by atoms with Crippen LogP contribution in [0.3, 0.4) is 0 Å². The highest BCUT2D eigenvalue weighted by Crippen LogP contribution is 2.30. The highest BCUT2D eigenvalue weighted by atomic mass is 35.5. The molecule has 2 aromatic rings. The Morgan fingerprint density at radius 3 is 3.00 bits per heavy atom. The Balaban J connectivity index is 1.56. The van der Waals surface area contributed by atoms with Crippen molar-refractivity contribution in [3.63, 3.8) is 0 Å². The number of likely N-dealkylation sites (tertiary alicyclic amines) is 1. The monoisotopic (exact) mass is 344 g/mol. The second-order valence-electron chi connectivity index (χ2n) is 6.73. The van der Waals surface area contributed by atoms with Crippen LogP contribution in [0.2, 0.25) is 5.02 Å². The van der Waals surface area contributed by atoms with Gasteiger partial charge in [0.25, 0.3) is 5.91 Å². The van der Waals surface area contributed by atoms with E-state index in [1.54, 1.807) is 0 Å². The third kappa shape index (κ3) is 2.61. The van der Waals surface area contributed by atoms with Crippen LogP contribution in [0.25, 0.3) is 0 Å². The lowest BCUT2D eigenvalue weighted by Crippen LogP contribution is -2.40. The summed E-state index contributed by atoms with van der Waals surface area (Å²) in [5, 5.41) is 9.37. The van der Waals surface area contributed by atoms with Gasteiger partial charge in [-0.3, -0.25) is 4.79 Å². The van der Waals surface area contributed by atoms with Crippen LogP contribution >= 0.6 is 11.6 Å². The van der Waals surface area contributed by atoms with E-state index in [0.717, 1.165) is 56.0 Å². The van der Waals surface area contributed by atoms with E-state index in [-0.39, 0.29) is 11.8 Å². The van der Waals surface area contributed by atoms with Crippen molar-refractivity contribution in [3.05, 3.63) is 46.0 Å². The van der Waals surface area contributed by atoms with Gasteiger partial charge in [0.05, 0.1) is 0 Å². The maximum Gasteiger partial charge on any atom is 0.254 e. The minimum atomic E-state index is 0.0702. The fraction of sp³-hybridized carbons (Fsp3) is 0.500. The molecule has 3 heterocycles. The van der Waals surface area contributed by atoms with Crippen LogP contribution in [0, 0.1) is 6.92 Å². The Labute approximate surface area is 146 Å². The van der Waals surface area contributed by atoms with Gasteiger partial charge in [-0.05, 0) is 43.9 Å². The quantitative estimate of drug-likeness (QED) is 0.840. The first-order valence-corrected chi connectivity index (χ1v) is 8.99. The van der Waals surface area contributed by atoms with Crippen molar-refractivity contribution < 1.29 is 4.79 Å². The smallest absolute Gasteiger partial charge is 0.254 e. The number of aryl methyl sites for hydroxylation is 1. The molecule has 1 aromatic carbocycles. The van der Waals surface area contributed by atoms with E-state index in [9.17, 15) is 4.79 Å². The van der Waals surface area contributed by atoms with Crippen molar-refractivity contribution in [3.8, 4) is 0 Å². The van der Waals surface area contributed by atoms with Gasteiger partial charge >= 0.3 is 0 Å². The van der Waals surface area contributed by atoms with Gasteiger partial charge < -0.3 is 9.47 Å². The third-order valence-electron chi connectivity index (χ3n) is 5.21. The van der Waals surface area contributed by atoms with Crippen molar-refractivity contribution in [1.29, 1.82) is 0 Å². The van der Waals surface area contributed by atoms with Gasteiger partial charge in [0.1, 0.15) is 11.6 Å². The summed E-state index contributed by atoms with van der Waals surface area (Å²) in [6.45, 7) is 4.42. The number of benzene rings is 1. The van der Waals surface area contributed by atoms with Crippen molar-refractivity contribution >= 4 is 17.5 Å². The van der Waals surface area contributed by atoms with E-state index in [1.165, 1.54) is 0 Å². The molecular formula is C18H21ClN4O. The van der Waals surface area contributed by atoms with Crippen molar-refractivity contribution in [2.45, 2.75) is 45.1 Å². The lowest BCUT2D eigenvalue weighted by atomic mass is 9.96. The zero-order valence-corrected chi connectivity index (χ0v) is 14.6. The van der Waals surface area contributed by atoms with Gasteiger partial charge in [-0.2, -0.15) is 0 Å². The molecule has 126 valence electrons. The summed E-state index contributed by atoms with van der Waals surface area (Å²) in [5.41, 5.74) is 1.56. The van der Waals surface area contributed by atoms with Crippen LogP contribution in [0.15, 0.2) is 18.2 Å². The average molecular weight is 345 g/mol. The normalized spacial score (nSPS) is 20.2. The molecule has 4 rings (SSSR count). The molecule has 5 nitrogen and oxygen atoms in total. The summed E-state index contributed by atoms with van der Waals surface area (Å²) in [7, 11) is 0. The first kappa shape index (κ1) is 15.6. The van der Waals surface area contributed by atoms with E-state index in [2.05, 4.69) is 14.8 Å². The van der Waals surface area contributed by atoms with Crippen LogP contribution in [0.5, 0.6) is 0 Å². The molecule has 0 radical (unpaired) electrons. The number of aromatic nitrogens is 3. The van der Waals surface area contributed by atoms with Gasteiger partial charge in [0.15, 0.2) is 0 Å². The van der Waals surface area contributed by atoms with E-state index in [0.29, 0.717) is 17.1 Å². The molecule has 0 bridgehead atoms. The number of carbonyl (C=O) groups excluding carboxylic acids is 1. The van der Waals surface area contributed by atoms with Gasteiger partial charge in [0, 0.05) is 42.6 Å². The number of amides is 1. The molecule has 0 spiro atoms. The molecule has 0 aliphatic carbocycles. The summed E-state index contributed by atoms with van der Waals surface area (Å²) in [5.74, 6) is 2.50. The molecule has 0 unspecified atom stereocenters. The highest BCUT2D eigenvalue weighted by Gasteiger charge is 2.31. The van der Waals surface area contributed by atoms with E-state index >= 15 is 0 Å². The maximum atomic E-state index is 12.9. The summed E-state index contributed by atoms with van der Waals surface area (Å²) in [6, 6.07) is 5.53. The van der Waals surface area contributed by atoms with Gasteiger partial charge in [-0.15, -0.1) is 10.2 Å². The molecule has 1 fully saturated rings. The number of nitrogens with zero attached hydrogens (tertiary/aromatic N) is 4. The first-order chi connectivity index (χ1) is 11.6. The number of halogens is 1. The number of hydrogen-bond acceptors (Lipinski definition) is 3. The van der Waals surface area contributed by atoms with Crippen LogP contribution in [0.1, 0.15) is 52.8 Å². The van der Waals surface area contributed by atoms with E-state index in [4.69, 9.17) is 11.6 Å². The largest absolute Gasteiger partial charge is 0.338 e. The standard InChI is InChI=1S/C18H21ClN4O/c1-12-14(6-2-7-15(12)19)18(24)22-9-3-5-13(11-22)17-21-20-16-8-4-10-23(16)17/h2,6-7,13H,3-5,8-11H2,1H3/t13-/m0/s1. The summed E-state index contributed by atoms with van der Waals surface area (Å²) in [6.07, 6.45) is 4.23. The van der Waals surface area contributed by atoms with Gasteiger partial charge in [-0.25, -0.2) is 0 Å². The van der Waals surface area contributed by atoms with Gasteiger partial charge in [0.2, 0.25) is 0 Å². The molecule has 2 aliphatic rings. The van der Waals surface area contributed by atoms with E-state index < -0.39 is 0 Å². The number of fused-ring (bicyclic) bond motifs is 1. The lowest BCUT2D eigenvalue weighted by molar-refractivity contribution is 0.0702. The van der Waals surface area contributed by atoms with Crippen molar-refractivity contribution in [2.24, 2.45) is 0 Å². The second kappa shape index (κ2) is 6.20. The fourth-order valence-corrected chi connectivity index (χ4v) is 4.03. The second-order valence-corrected chi connectivity index (χ2v) is 7.14. The van der Waals surface area contributed by atoms with Crippen LogP contribution in [-0.2, 0) is 13.0 Å². The molecule has 6 heteroatoms. The molecule has 1 atom stereocenters. The average Bonchev–Trinajstić information content (AvgIpc) is 3.20. The maximum absolute atomic E-state index is 12.9. The van der Waals surface area contributed by atoms with Crippen molar-refractivity contribution in [2.75, 3.05) is 13.1 Å². The number of rotatable bonds is 2. The Hall–Kier alpha value is -1.88.